The van der Waals surface area contributed by atoms with Crippen molar-refractivity contribution in [2.75, 3.05) is 13.2 Å². The van der Waals surface area contributed by atoms with Gasteiger partial charge in [-0.15, -0.1) is 0 Å². The van der Waals surface area contributed by atoms with E-state index in [4.69, 9.17) is 14.1 Å². The van der Waals surface area contributed by atoms with E-state index in [1.165, 1.54) is 5.47 Å². The highest BCUT2D eigenvalue weighted by Gasteiger charge is 2.51. The van der Waals surface area contributed by atoms with Gasteiger partial charge < -0.3 is 14.1 Å². The number of ether oxygens (including phenoxy) is 2. The normalized spacial score (nSPS) is 31.8. The maximum atomic E-state index is 6.30. The minimum atomic E-state index is -0.312. The van der Waals surface area contributed by atoms with Crippen LogP contribution in [0.25, 0.3) is 0 Å². The van der Waals surface area contributed by atoms with Gasteiger partial charge >= 0.3 is 6.92 Å². The van der Waals surface area contributed by atoms with Crippen LogP contribution in [0.1, 0.15) is 47.0 Å². The molecule has 0 N–H and O–H groups in total. The van der Waals surface area contributed by atoms with Crippen LogP contribution in [0, 0.1) is 5.41 Å². The van der Waals surface area contributed by atoms with Crippen LogP contribution in [-0.2, 0) is 14.1 Å². The molecule has 0 aromatic heterocycles. The van der Waals surface area contributed by atoms with Gasteiger partial charge in [0.15, 0.2) is 5.79 Å². The molecule has 3 aliphatic rings. The number of hydrogen-bond donors (Lipinski definition) is 0. The first kappa shape index (κ1) is 13.7. The molecule has 3 nitrogen and oxygen atoms in total. The summed E-state index contributed by atoms with van der Waals surface area (Å²) in [5.74, 6) is -0.312. The summed E-state index contributed by atoms with van der Waals surface area (Å²) in [6.07, 6.45) is 6.30. The van der Waals surface area contributed by atoms with Crippen molar-refractivity contribution in [2.24, 2.45) is 5.41 Å². The average Bonchev–Trinajstić information content (AvgIpc) is 2.84. The van der Waals surface area contributed by atoms with E-state index in [9.17, 15) is 0 Å². The molecular formula is C15H25BO3. The standard InChI is InChI=1S/C15H25BO3/c1-13(2)11-16(19-14(13,3)4)12-5-7-15(8-6-12)17-9-10-18-15/h5H,6-11H2,1-4H3. The smallest absolute Gasteiger partial charge is 0.323 e. The van der Waals surface area contributed by atoms with Crippen LogP contribution in [-0.4, -0.2) is 31.5 Å². The maximum Gasteiger partial charge on any atom is 0.323 e. The van der Waals surface area contributed by atoms with Crippen molar-refractivity contribution in [3.05, 3.63) is 11.5 Å². The fourth-order valence-corrected chi connectivity index (χ4v) is 3.35. The second-order valence-corrected chi connectivity index (χ2v) is 7.30. The van der Waals surface area contributed by atoms with Crippen LogP contribution >= 0.6 is 0 Å². The van der Waals surface area contributed by atoms with Gasteiger partial charge in [-0.25, -0.2) is 0 Å². The fourth-order valence-electron chi connectivity index (χ4n) is 3.35. The molecule has 0 bridgehead atoms. The molecule has 1 aliphatic carbocycles. The summed E-state index contributed by atoms with van der Waals surface area (Å²) >= 11 is 0. The van der Waals surface area contributed by atoms with Crippen molar-refractivity contribution in [3.63, 3.8) is 0 Å². The zero-order chi connectivity index (χ0) is 13.7. The fraction of sp³-hybridized carbons (Fsp3) is 0.867. The lowest BCUT2D eigenvalue weighted by Gasteiger charge is -2.34. The Labute approximate surface area is 116 Å². The third-order valence-electron chi connectivity index (χ3n) is 5.46. The van der Waals surface area contributed by atoms with Gasteiger partial charge in [0.05, 0.1) is 18.8 Å². The van der Waals surface area contributed by atoms with Gasteiger partial charge in [-0.2, -0.15) is 0 Å². The average molecular weight is 264 g/mol. The summed E-state index contributed by atoms with van der Waals surface area (Å²) in [7, 11) is 0. The van der Waals surface area contributed by atoms with Crippen molar-refractivity contribution in [3.8, 4) is 0 Å². The summed E-state index contributed by atoms with van der Waals surface area (Å²) in [6, 6.07) is 0. The van der Waals surface area contributed by atoms with Gasteiger partial charge in [0.1, 0.15) is 0 Å². The van der Waals surface area contributed by atoms with Crippen LogP contribution in [0.5, 0.6) is 0 Å². The molecule has 106 valence electrons. The third-order valence-corrected chi connectivity index (χ3v) is 5.46. The quantitative estimate of drug-likeness (QED) is 0.681. The van der Waals surface area contributed by atoms with Crippen molar-refractivity contribution in [2.45, 2.75) is 64.7 Å². The first-order valence-corrected chi connectivity index (χ1v) is 7.48. The van der Waals surface area contributed by atoms with Gasteiger partial charge in [-0.1, -0.05) is 25.4 Å². The van der Waals surface area contributed by atoms with E-state index in [0.29, 0.717) is 0 Å². The third kappa shape index (κ3) is 2.28. The Kier molecular flexibility index (Phi) is 3.12. The lowest BCUT2D eigenvalue weighted by molar-refractivity contribution is -0.161. The first-order valence-electron chi connectivity index (χ1n) is 7.48. The monoisotopic (exact) mass is 264 g/mol. The number of allylic oxidation sites excluding steroid dienone is 1. The minimum absolute atomic E-state index is 0.0476. The molecule has 2 heterocycles. The van der Waals surface area contributed by atoms with Crippen LogP contribution in [0.3, 0.4) is 0 Å². The second kappa shape index (κ2) is 4.34. The molecule has 0 amide bonds. The zero-order valence-electron chi connectivity index (χ0n) is 12.6. The molecule has 2 aliphatic heterocycles. The molecule has 0 aromatic carbocycles. The van der Waals surface area contributed by atoms with E-state index in [1.54, 1.807) is 0 Å². The van der Waals surface area contributed by atoms with Gasteiger partial charge in [0.2, 0.25) is 0 Å². The Morgan fingerprint density at radius 2 is 1.79 bits per heavy atom. The molecule has 1 spiro atoms. The summed E-state index contributed by atoms with van der Waals surface area (Å²) in [4.78, 5) is 0. The highest BCUT2D eigenvalue weighted by molar-refractivity contribution is 6.61. The molecule has 2 saturated heterocycles. The van der Waals surface area contributed by atoms with Crippen LogP contribution in [0.4, 0.5) is 0 Å². The molecule has 4 heteroatoms. The Balaban J connectivity index is 1.70. The number of hydrogen-bond acceptors (Lipinski definition) is 3. The van der Waals surface area contributed by atoms with E-state index in [2.05, 4.69) is 33.8 Å². The van der Waals surface area contributed by atoms with E-state index < -0.39 is 0 Å². The largest absolute Gasteiger partial charge is 0.426 e. The summed E-state index contributed by atoms with van der Waals surface area (Å²) in [5, 5.41) is 0. The van der Waals surface area contributed by atoms with E-state index >= 15 is 0 Å². The lowest BCUT2D eigenvalue weighted by Crippen LogP contribution is -2.35. The summed E-state index contributed by atoms with van der Waals surface area (Å²) < 4.78 is 17.8. The highest BCUT2D eigenvalue weighted by Crippen LogP contribution is 2.48. The number of rotatable bonds is 1. The van der Waals surface area contributed by atoms with Crippen LogP contribution in [0.15, 0.2) is 11.5 Å². The van der Waals surface area contributed by atoms with Gasteiger partial charge in [-0.3, -0.25) is 0 Å². The van der Waals surface area contributed by atoms with Crippen molar-refractivity contribution in [1.82, 2.24) is 0 Å². The zero-order valence-corrected chi connectivity index (χ0v) is 12.6. The predicted molar refractivity (Wildman–Crippen MR) is 76.1 cm³/mol. The SMILES string of the molecule is CC1(C)CB(C2=CCC3(CC2)OCCO3)OC1(C)C. The highest BCUT2D eigenvalue weighted by atomic mass is 16.7. The Bertz CT molecular complexity index is 378. The predicted octanol–water partition coefficient (Wildman–Crippen LogP) is 3.21. The van der Waals surface area contributed by atoms with E-state index in [1.807, 2.05) is 0 Å². The summed E-state index contributed by atoms with van der Waals surface area (Å²) in [6.45, 7) is 10.8. The van der Waals surface area contributed by atoms with Gasteiger partial charge in [0, 0.05) is 12.8 Å². The Morgan fingerprint density at radius 1 is 1.11 bits per heavy atom. The molecule has 3 rings (SSSR count). The van der Waals surface area contributed by atoms with Crippen molar-refractivity contribution < 1.29 is 14.1 Å². The first-order chi connectivity index (χ1) is 8.84. The molecule has 2 fully saturated rings. The molecular weight excluding hydrogens is 239 g/mol. The second-order valence-electron chi connectivity index (χ2n) is 7.30. The van der Waals surface area contributed by atoms with Gasteiger partial charge in [0.25, 0.3) is 0 Å². The van der Waals surface area contributed by atoms with Crippen LogP contribution in [0.2, 0.25) is 6.32 Å². The van der Waals surface area contributed by atoms with E-state index in [-0.39, 0.29) is 23.7 Å². The minimum Gasteiger partial charge on any atom is -0.426 e. The van der Waals surface area contributed by atoms with Crippen molar-refractivity contribution in [1.29, 1.82) is 0 Å². The topological polar surface area (TPSA) is 27.7 Å². The molecule has 0 unspecified atom stereocenters. The van der Waals surface area contributed by atoms with Crippen LogP contribution < -0.4 is 0 Å². The molecule has 0 radical (unpaired) electrons. The Hall–Kier alpha value is -0.315. The van der Waals surface area contributed by atoms with Gasteiger partial charge in [-0.05, 0) is 32.0 Å². The lowest BCUT2D eigenvalue weighted by atomic mass is 9.51. The molecule has 0 aromatic rings. The molecule has 0 atom stereocenters. The molecule has 0 saturated carbocycles. The van der Waals surface area contributed by atoms with E-state index in [0.717, 1.165) is 38.8 Å². The van der Waals surface area contributed by atoms with Crippen molar-refractivity contribution >= 4 is 6.92 Å². The maximum absolute atomic E-state index is 6.30. The molecule has 19 heavy (non-hydrogen) atoms. The Morgan fingerprint density at radius 3 is 2.26 bits per heavy atom. The summed E-state index contributed by atoms with van der Waals surface area (Å²) in [5.41, 5.74) is 1.63.